The van der Waals surface area contributed by atoms with Gasteiger partial charge in [0.05, 0.1) is 16.7 Å². The molecular weight excluding hydrogens is 1680 g/mol. The van der Waals surface area contributed by atoms with E-state index in [9.17, 15) is 68.6 Å². The molecule has 0 aliphatic carbocycles. The minimum absolute atomic E-state index is 0.00570. The molecule has 0 spiro atoms. The Kier molecular flexibility index (Phi) is 33.4. The van der Waals surface area contributed by atoms with Gasteiger partial charge in [0.15, 0.2) is 34.7 Å². The predicted molar refractivity (Wildman–Crippen MR) is 468 cm³/mol. The minimum Gasteiger partial charge on any atom is -0.504 e. The molecule has 6 heterocycles. The maximum Gasteiger partial charge on any atom is 0.416 e. The van der Waals surface area contributed by atoms with Crippen LogP contribution in [0.4, 0.5) is 57.0 Å². The van der Waals surface area contributed by atoms with E-state index in [0.29, 0.717) is 79.9 Å². The van der Waals surface area contributed by atoms with Crippen molar-refractivity contribution in [3.05, 3.63) is 232 Å². The first-order valence-corrected chi connectivity index (χ1v) is 42.5. The van der Waals surface area contributed by atoms with Crippen molar-refractivity contribution in [2.24, 2.45) is 0 Å². The van der Waals surface area contributed by atoms with Crippen LogP contribution in [-0.4, -0.2) is 150 Å². The summed E-state index contributed by atoms with van der Waals surface area (Å²) in [4.78, 5) is 86.6. The number of rotatable bonds is 21. The summed E-state index contributed by atoms with van der Waals surface area (Å²) in [6.45, 7) is 26.2. The van der Waals surface area contributed by atoms with Gasteiger partial charge in [0, 0.05) is 156 Å². The number of aromatic nitrogens is 3. The average Bonchev–Trinajstić information content (AvgIpc) is 0.807. The van der Waals surface area contributed by atoms with Gasteiger partial charge in [0.1, 0.15) is 12.2 Å². The first kappa shape index (κ1) is 96.5. The Bertz CT molecular complexity index is 5100. The van der Waals surface area contributed by atoms with E-state index < -0.39 is 47.4 Å². The third kappa shape index (κ3) is 25.3. The van der Waals surface area contributed by atoms with Crippen molar-refractivity contribution in [2.75, 3.05) is 56.5 Å². The number of aryl methyl sites for hydroxylation is 1. The summed E-state index contributed by atoms with van der Waals surface area (Å²) in [5.41, 5.74) is 22.7. The fourth-order valence-corrected chi connectivity index (χ4v) is 16.3. The molecule has 9 atom stereocenters. The summed E-state index contributed by atoms with van der Waals surface area (Å²) < 4.78 is 130. The zero-order chi connectivity index (χ0) is 90.8. The summed E-state index contributed by atoms with van der Waals surface area (Å²) in [6, 6.07) is 41.0. The van der Waals surface area contributed by atoms with Crippen molar-refractivity contribution < 1.29 is 78.1 Å². The molecule has 8 N–H and O–H groups in total. The number of piperazine rings is 3. The smallest absolute Gasteiger partial charge is 0.416 e. The molecule has 3 aliphatic heterocycles. The van der Waals surface area contributed by atoms with E-state index in [1.165, 1.54) is 62.4 Å². The van der Waals surface area contributed by atoms with Crippen molar-refractivity contribution in [1.29, 1.82) is 0 Å². The van der Waals surface area contributed by atoms with Gasteiger partial charge in [-0.15, -0.1) is 0 Å². The standard InChI is InChI=1S/C34H41F3N4O3.C27H29F3N4O2.C24H32N4O3.C9H8BrF3/c1-6-7-8-13-31(42)41-22(3)19-40(20-23(41)4)33(43)27-15-14-25(16-21(27)2)26-17-30(32(38)39-18-26)44-24(5)28-11-9-10-12-29(28)34(35,36)37;1-16-14-34(15-17(2)33-16)26(35)20-10-8-19(9-11-20)21-12-24(25(31)32-13-21)36-18(3)22-6-4-5-7-23(22)27(28,29)30;1-4-5-6-7-22(30)28-16(2)14-27(15-17(28)3)24(31)19-10-8-18(9-11-19)20-12-21(29)23(25)26-13-20;1-6(10)7-4-2-3-5-8(7)9(11,12)13/h9-12,14-18,22-24H,6-8,13,19-20H2,1-5H3,(H2,38,39);4-13,16-18,33H,14-15H2,1-3H3,(H2,31,32);8-13,16-17,29H,4-7,14-15H2,1-3H3,(H2,25,26);2-6H,1H3/t22-,23+,24?;16-,17+,18?;16-,17+;. The van der Waals surface area contributed by atoms with Crippen LogP contribution in [0.1, 0.15) is 215 Å². The van der Waals surface area contributed by atoms with Crippen molar-refractivity contribution in [3.63, 3.8) is 0 Å². The van der Waals surface area contributed by atoms with Gasteiger partial charge in [0.25, 0.3) is 17.7 Å². The van der Waals surface area contributed by atoms with E-state index in [4.69, 9.17) is 26.7 Å². The van der Waals surface area contributed by atoms with Crippen LogP contribution >= 0.6 is 15.9 Å². The van der Waals surface area contributed by atoms with Gasteiger partial charge in [-0.1, -0.05) is 146 Å². The number of hydrogen-bond acceptors (Lipinski definition) is 15. The first-order chi connectivity index (χ1) is 58.6. The Morgan fingerprint density at radius 3 is 1.15 bits per heavy atom. The number of alkyl halides is 10. The van der Waals surface area contributed by atoms with E-state index in [1.807, 2.05) is 89.5 Å². The van der Waals surface area contributed by atoms with Crippen LogP contribution in [0.5, 0.6) is 17.2 Å². The average molecular weight is 1790 g/mol. The number of nitrogens with one attached hydrogen (secondary N) is 1. The van der Waals surface area contributed by atoms with Crippen molar-refractivity contribution in [1.82, 2.24) is 44.8 Å². The molecular formula is C94H110BrF9N12O8. The predicted octanol–water partition coefficient (Wildman–Crippen LogP) is 20.6. The second-order valence-electron chi connectivity index (χ2n) is 31.9. The molecule has 0 saturated carbocycles. The molecule has 3 fully saturated rings. The third-order valence-electron chi connectivity index (χ3n) is 21.9. The van der Waals surface area contributed by atoms with Crippen LogP contribution in [-0.2, 0) is 28.1 Å². The van der Waals surface area contributed by atoms with Gasteiger partial charge in [0.2, 0.25) is 11.8 Å². The highest BCUT2D eigenvalue weighted by molar-refractivity contribution is 9.09. The fraction of sp³-hybridized carbons (Fsp3) is 0.404. The number of amides is 5. The van der Waals surface area contributed by atoms with Gasteiger partial charge in [-0.2, -0.15) is 39.5 Å². The fourth-order valence-electron chi connectivity index (χ4n) is 15.9. The Morgan fingerprint density at radius 1 is 0.452 bits per heavy atom. The molecule has 3 saturated heterocycles. The van der Waals surface area contributed by atoms with Crippen LogP contribution in [0.2, 0.25) is 0 Å². The highest BCUT2D eigenvalue weighted by Crippen LogP contribution is 2.42. The molecule has 0 radical (unpaired) electrons. The number of aromatic hydroxyl groups is 1. The van der Waals surface area contributed by atoms with E-state index in [0.717, 1.165) is 84.5 Å². The SMILES string of the molecule is CC(Br)c1ccccc1C(F)(F)F.CC(Oc1cc(-c2ccc(C(=O)N3C[C@@H](C)N[C@@H](C)C3)cc2)cnc1N)c1ccccc1C(F)(F)F.CCCCCC(=O)N1[C@H](C)CN(C(=O)c2ccc(-c3cnc(N)c(O)c3)cc2)C[C@@H]1C.CCCCCC(=O)N1[C@H](C)CN(C(=O)c2ccc(-c3cnc(N)c(OC(C)c4ccccc4C(F)(F)F)c3)cc2C)C[C@@H]1C. The monoisotopic (exact) mass is 1780 g/mol. The second kappa shape index (κ2) is 42.9. The summed E-state index contributed by atoms with van der Waals surface area (Å²) in [7, 11) is 0. The topological polar surface area (TPSA) is 269 Å². The van der Waals surface area contributed by atoms with E-state index in [-0.39, 0.29) is 122 Å². The van der Waals surface area contributed by atoms with Crippen LogP contribution < -0.4 is 32.0 Å². The summed E-state index contributed by atoms with van der Waals surface area (Å²) >= 11 is 3.13. The number of carbonyl (C=O) groups excluding carboxylic acids is 5. The molecule has 6 aromatic carbocycles. The molecule has 124 heavy (non-hydrogen) atoms. The van der Waals surface area contributed by atoms with Crippen LogP contribution in [0, 0.1) is 6.92 Å². The maximum absolute atomic E-state index is 13.6. The largest absolute Gasteiger partial charge is 0.504 e. The summed E-state index contributed by atoms with van der Waals surface area (Å²) in [5.74, 6) is 0.655. The number of hydrogen-bond donors (Lipinski definition) is 5. The summed E-state index contributed by atoms with van der Waals surface area (Å²) in [6.07, 6.45) is -3.28. The van der Waals surface area contributed by atoms with Gasteiger partial charge >= 0.3 is 18.5 Å². The van der Waals surface area contributed by atoms with E-state index >= 15 is 0 Å². The lowest BCUT2D eigenvalue weighted by Crippen LogP contribution is -2.59. The Labute approximate surface area is 727 Å². The Hall–Kier alpha value is -11.3. The molecule has 30 heteroatoms. The lowest BCUT2D eigenvalue weighted by Gasteiger charge is -2.44. The van der Waals surface area contributed by atoms with Gasteiger partial charge in [-0.3, -0.25) is 24.0 Å². The van der Waals surface area contributed by atoms with Crippen LogP contribution in [0.15, 0.2) is 176 Å². The number of ether oxygens (including phenoxy) is 2. The molecule has 664 valence electrons. The molecule has 3 unspecified atom stereocenters. The lowest BCUT2D eigenvalue weighted by molar-refractivity contribution is -0.139. The number of pyridine rings is 3. The number of nitrogens with zero attached hydrogens (tertiary/aromatic N) is 8. The number of nitrogens with two attached hydrogens (primary N) is 3. The number of nitrogen functional groups attached to an aromatic ring is 3. The number of unbranched alkanes of at least 4 members (excludes halogenated alkanes) is 4. The maximum atomic E-state index is 13.6. The van der Waals surface area contributed by atoms with E-state index in [1.54, 1.807) is 86.2 Å². The zero-order valence-corrected chi connectivity index (χ0v) is 73.3. The van der Waals surface area contributed by atoms with Gasteiger partial charge < -0.3 is 61.6 Å². The number of anilines is 3. The van der Waals surface area contributed by atoms with Crippen molar-refractivity contribution in [3.8, 4) is 50.6 Å². The molecule has 0 bridgehead atoms. The Morgan fingerprint density at radius 2 is 0.790 bits per heavy atom. The van der Waals surface area contributed by atoms with Gasteiger partial charge in [-0.25, -0.2) is 15.0 Å². The second-order valence-corrected chi connectivity index (χ2v) is 33.3. The van der Waals surface area contributed by atoms with Gasteiger partial charge in [-0.05, 0) is 177 Å². The molecule has 3 aromatic heterocycles. The summed E-state index contributed by atoms with van der Waals surface area (Å²) in [5, 5.41) is 13.2. The normalized spacial score (nSPS) is 18.1. The highest BCUT2D eigenvalue weighted by Gasteiger charge is 2.40. The molecule has 12 rings (SSSR count). The van der Waals surface area contributed by atoms with E-state index in [2.05, 4.69) is 63.9 Å². The number of benzene rings is 6. The highest BCUT2D eigenvalue weighted by atomic mass is 79.9. The molecule has 9 aromatic rings. The van der Waals surface area contributed by atoms with Crippen LogP contribution in [0.25, 0.3) is 33.4 Å². The lowest BCUT2D eigenvalue weighted by atomic mass is 9.98. The van der Waals surface area contributed by atoms with Crippen molar-refractivity contribution in [2.45, 2.75) is 206 Å². The molecule has 20 nitrogen and oxygen atoms in total. The van der Waals surface area contributed by atoms with Crippen LogP contribution in [0.3, 0.4) is 0 Å². The number of carbonyl (C=O) groups is 5. The Balaban J connectivity index is 0.000000198. The zero-order valence-electron chi connectivity index (χ0n) is 71.7. The van der Waals surface area contributed by atoms with Crippen molar-refractivity contribution >= 4 is 62.9 Å². The molecule has 3 aliphatic rings. The minimum atomic E-state index is -4.52. The molecule has 5 amide bonds. The third-order valence-corrected chi connectivity index (χ3v) is 22.4. The number of halogens is 10. The quantitative estimate of drug-likeness (QED) is 0.0254. The first-order valence-electron chi connectivity index (χ1n) is 41.6.